The quantitative estimate of drug-likeness (QED) is 0.462. The van der Waals surface area contributed by atoms with Gasteiger partial charge in [0.1, 0.15) is 5.69 Å². The summed E-state index contributed by atoms with van der Waals surface area (Å²) >= 11 is 0. The highest BCUT2D eigenvalue weighted by Gasteiger charge is 2.25. The molecule has 0 aliphatic rings. The lowest BCUT2D eigenvalue weighted by atomic mass is 10.0. The van der Waals surface area contributed by atoms with Crippen LogP contribution in [0.2, 0.25) is 0 Å². The molecule has 2 rings (SSSR count). The highest BCUT2D eigenvalue weighted by Crippen LogP contribution is 2.20. The van der Waals surface area contributed by atoms with E-state index >= 15 is 0 Å². The number of nitro benzene ring substituents is 1. The number of benzene rings is 1. The molecule has 1 aromatic carbocycles. The van der Waals surface area contributed by atoms with Gasteiger partial charge in [-0.1, -0.05) is 12.1 Å². The van der Waals surface area contributed by atoms with Crippen LogP contribution in [0.5, 0.6) is 0 Å². The number of aromatic nitrogens is 2. The van der Waals surface area contributed by atoms with Gasteiger partial charge < -0.3 is 9.47 Å². The number of carbonyl (C=O) groups excluding carboxylic acids is 2. The van der Waals surface area contributed by atoms with Gasteiger partial charge in [-0.3, -0.25) is 15.2 Å². The second-order valence-corrected chi connectivity index (χ2v) is 4.97. The molecule has 0 bridgehead atoms. The molecular formula is C16H17N3O6. The number of esters is 2. The van der Waals surface area contributed by atoms with Crippen LogP contribution in [0.1, 0.15) is 46.0 Å². The van der Waals surface area contributed by atoms with E-state index in [4.69, 9.17) is 9.47 Å². The van der Waals surface area contributed by atoms with E-state index in [9.17, 15) is 19.7 Å². The number of H-pyrrole nitrogens is 1. The Morgan fingerprint density at radius 3 is 2.28 bits per heavy atom. The second-order valence-electron chi connectivity index (χ2n) is 4.97. The van der Waals surface area contributed by atoms with Crippen molar-refractivity contribution in [1.29, 1.82) is 0 Å². The number of hydrogen-bond donors (Lipinski definition) is 1. The molecule has 9 nitrogen and oxygen atoms in total. The molecule has 132 valence electrons. The minimum atomic E-state index is -0.661. The van der Waals surface area contributed by atoms with Crippen molar-refractivity contribution in [2.75, 3.05) is 13.2 Å². The van der Waals surface area contributed by atoms with Crippen LogP contribution in [-0.2, 0) is 15.9 Å². The zero-order chi connectivity index (χ0) is 18.4. The first kappa shape index (κ1) is 18.1. The van der Waals surface area contributed by atoms with Crippen molar-refractivity contribution in [2.45, 2.75) is 20.3 Å². The fourth-order valence-electron chi connectivity index (χ4n) is 2.22. The molecule has 1 heterocycles. The summed E-state index contributed by atoms with van der Waals surface area (Å²) in [5.41, 5.74) is 0.993. The van der Waals surface area contributed by atoms with E-state index in [1.54, 1.807) is 26.0 Å². The number of nitrogens with zero attached hydrogens (tertiary/aromatic N) is 2. The van der Waals surface area contributed by atoms with Gasteiger partial charge in [0.2, 0.25) is 0 Å². The smallest absolute Gasteiger partial charge is 0.359 e. The molecule has 25 heavy (non-hydrogen) atoms. The number of carbonyl (C=O) groups is 2. The molecule has 1 aromatic heterocycles. The number of hydrogen-bond acceptors (Lipinski definition) is 7. The molecule has 0 amide bonds. The van der Waals surface area contributed by atoms with Crippen molar-refractivity contribution < 1.29 is 24.0 Å². The standard InChI is InChI=1S/C16H17N3O6/c1-3-24-15(20)13-12(14(18-17-13)16(21)25-4-2)9-10-5-7-11(8-6-10)19(22)23/h5-8H,3-4,9H2,1-2H3,(H,17,18). The molecule has 0 aliphatic heterocycles. The molecule has 0 spiro atoms. The van der Waals surface area contributed by atoms with E-state index in [0.29, 0.717) is 11.1 Å². The summed E-state index contributed by atoms with van der Waals surface area (Å²) in [6, 6.07) is 5.80. The van der Waals surface area contributed by atoms with Gasteiger partial charge in [-0.2, -0.15) is 5.10 Å². The van der Waals surface area contributed by atoms with Gasteiger partial charge in [-0.25, -0.2) is 9.59 Å². The monoisotopic (exact) mass is 347 g/mol. The van der Waals surface area contributed by atoms with E-state index in [0.717, 1.165) is 0 Å². The lowest BCUT2D eigenvalue weighted by Gasteiger charge is -2.06. The van der Waals surface area contributed by atoms with Gasteiger partial charge in [0.05, 0.1) is 18.1 Å². The summed E-state index contributed by atoms with van der Waals surface area (Å²) in [6.07, 6.45) is 0.163. The van der Waals surface area contributed by atoms with Crippen LogP contribution in [0, 0.1) is 10.1 Å². The van der Waals surface area contributed by atoms with E-state index < -0.39 is 16.9 Å². The second kappa shape index (κ2) is 8.04. The minimum Gasteiger partial charge on any atom is -0.461 e. The first-order valence-electron chi connectivity index (χ1n) is 7.62. The van der Waals surface area contributed by atoms with Crippen LogP contribution in [0.25, 0.3) is 0 Å². The van der Waals surface area contributed by atoms with Gasteiger partial charge in [0, 0.05) is 24.1 Å². The lowest BCUT2D eigenvalue weighted by molar-refractivity contribution is -0.384. The Balaban J connectivity index is 2.38. The largest absolute Gasteiger partial charge is 0.461 e. The third-order valence-electron chi connectivity index (χ3n) is 3.34. The summed E-state index contributed by atoms with van der Waals surface area (Å²) in [5, 5.41) is 17.1. The first-order valence-corrected chi connectivity index (χ1v) is 7.62. The third-order valence-corrected chi connectivity index (χ3v) is 3.34. The normalized spacial score (nSPS) is 10.3. The summed E-state index contributed by atoms with van der Waals surface area (Å²) in [7, 11) is 0. The van der Waals surface area contributed by atoms with Crippen molar-refractivity contribution in [2.24, 2.45) is 0 Å². The molecule has 0 saturated carbocycles. The lowest BCUT2D eigenvalue weighted by Crippen LogP contribution is -2.12. The topological polar surface area (TPSA) is 124 Å². The summed E-state index contributed by atoms with van der Waals surface area (Å²) in [5.74, 6) is -1.30. The van der Waals surface area contributed by atoms with Crippen molar-refractivity contribution in [3.8, 4) is 0 Å². The Hall–Kier alpha value is -3.23. The fourth-order valence-corrected chi connectivity index (χ4v) is 2.22. The number of nitro groups is 1. The van der Waals surface area contributed by atoms with Crippen molar-refractivity contribution in [1.82, 2.24) is 10.2 Å². The van der Waals surface area contributed by atoms with Crippen molar-refractivity contribution in [3.05, 3.63) is 56.9 Å². The summed E-state index contributed by atoms with van der Waals surface area (Å²) < 4.78 is 9.91. The van der Waals surface area contributed by atoms with E-state index in [2.05, 4.69) is 10.2 Å². The number of nitrogens with one attached hydrogen (secondary N) is 1. The molecule has 1 N–H and O–H groups in total. The van der Waals surface area contributed by atoms with Crippen LogP contribution >= 0.6 is 0 Å². The van der Waals surface area contributed by atoms with Crippen molar-refractivity contribution in [3.63, 3.8) is 0 Å². The first-order chi connectivity index (χ1) is 12.0. The average molecular weight is 347 g/mol. The third kappa shape index (κ3) is 4.19. The Kier molecular flexibility index (Phi) is 5.83. The number of aromatic amines is 1. The van der Waals surface area contributed by atoms with Crippen LogP contribution in [0.15, 0.2) is 24.3 Å². The van der Waals surface area contributed by atoms with Crippen molar-refractivity contribution >= 4 is 17.6 Å². The molecule has 0 atom stereocenters. The van der Waals surface area contributed by atoms with Crippen LogP contribution in [-0.4, -0.2) is 40.3 Å². The maximum atomic E-state index is 12.1. The van der Waals surface area contributed by atoms with Gasteiger partial charge >= 0.3 is 11.9 Å². The predicted molar refractivity (Wildman–Crippen MR) is 86.4 cm³/mol. The Labute approximate surface area is 143 Å². The van der Waals surface area contributed by atoms with Gasteiger partial charge in [0.15, 0.2) is 5.69 Å². The summed E-state index contributed by atoms with van der Waals surface area (Å²) in [6.45, 7) is 3.66. The van der Waals surface area contributed by atoms with E-state index in [-0.39, 0.29) is 36.7 Å². The highest BCUT2D eigenvalue weighted by molar-refractivity contribution is 5.96. The van der Waals surface area contributed by atoms with Crippen LogP contribution in [0.3, 0.4) is 0 Å². The fraction of sp³-hybridized carbons (Fsp3) is 0.312. The predicted octanol–water partition coefficient (Wildman–Crippen LogP) is 2.26. The zero-order valence-electron chi connectivity index (χ0n) is 13.8. The molecule has 0 unspecified atom stereocenters. The molecule has 0 saturated heterocycles. The maximum Gasteiger partial charge on any atom is 0.359 e. The Morgan fingerprint density at radius 1 is 1.12 bits per heavy atom. The molecule has 0 radical (unpaired) electrons. The molecule has 0 aliphatic carbocycles. The number of ether oxygens (including phenoxy) is 2. The summed E-state index contributed by atoms with van der Waals surface area (Å²) in [4.78, 5) is 34.3. The average Bonchev–Trinajstić information content (AvgIpc) is 2.99. The molecule has 0 fully saturated rings. The SMILES string of the molecule is CCOC(=O)c1n[nH]c(C(=O)OCC)c1Cc1ccc([N+](=O)[O-])cc1. The van der Waals surface area contributed by atoms with E-state index in [1.165, 1.54) is 12.1 Å². The van der Waals surface area contributed by atoms with Gasteiger partial charge in [0.25, 0.3) is 5.69 Å². The number of rotatable bonds is 7. The Bertz CT molecular complexity index is 746. The molecule has 9 heteroatoms. The van der Waals surface area contributed by atoms with Crippen LogP contribution < -0.4 is 0 Å². The highest BCUT2D eigenvalue weighted by atomic mass is 16.6. The molecule has 2 aromatic rings. The Morgan fingerprint density at radius 2 is 1.72 bits per heavy atom. The maximum absolute atomic E-state index is 12.1. The zero-order valence-corrected chi connectivity index (χ0v) is 13.8. The van der Waals surface area contributed by atoms with E-state index in [1.807, 2.05) is 0 Å². The molecular weight excluding hydrogens is 330 g/mol. The van der Waals surface area contributed by atoms with Gasteiger partial charge in [-0.05, 0) is 19.4 Å². The van der Waals surface area contributed by atoms with Crippen LogP contribution in [0.4, 0.5) is 5.69 Å². The van der Waals surface area contributed by atoms with Gasteiger partial charge in [-0.15, -0.1) is 0 Å². The minimum absolute atomic E-state index is 0.0109. The number of non-ortho nitro benzene ring substituents is 1.